The zero-order chi connectivity index (χ0) is 11.8. The molecule has 2 heterocycles. The smallest absolute Gasteiger partial charge is 0.207 e. The summed E-state index contributed by atoms with van der Waals surface area (Å²) in [6.45, 7) is 1.86. The van der Waals surface area contributed by atoms with E-state index in [1.807, 2.05) is 6.92 Å². The van der Waals surface area contributed by atoms with Gasteiger partial charge in [-0.1, -0.05) is 23.9 Å². The molecule has 1 aromatic carbocycles. The summed E-state index contributed by atoms with van der Waals surface area (Å²) in [5.74, 6) is 1.25. The van der Waals surface area contributed by atoms with Crippen LogP contribution >= 0.6 is 28.7 Å². The second-order valence-electron chi connectivity index (χ2n) is 3.68. The van der Waals surface area contributed by atoms with Crippen LogP contribution in [0.15, 0.2) is 34.5 Å². The van der Waals surface area contributed by atoms with Gasteiger partial charge in [-0.15, -0.1) is 27.2 Å². The molecule has 1 aliphatic rings. The Bertz CT molecular complexity index is 594. The highest BCUT2D eigenvalue weighted by molar-refractivity contribution is 8.93. The Hall–Kier alpha value is -1.21. The van der Waals surface area contributed by atoms with Crippen LogP contribution in [0.2, 0.25) is 0 Å². The van der Waals surface area contributed by atoms with E-state index in [1.165, 1.54) is 12.1 Å². The van der Waals surface area contributed by atoms with Gasteiger partial charge in [0.25, 0.3) is 0 Å². The number of fused-ring (bicyclic) bond motifs is 1. The molecule has 2 aromatic rings. The number of aromatic nitrogens is 3. The molecule has 0 N–H and O–H groups in total. The number of benzene rings is 1. The first-order valence-corrected chi connectivity index (χ1v) is 6.11. The summed E-state index contributed by atoms with van der Waals surface area (Å²) < 4.78 is 14.6. The maximum atomic E-state index is 12.8. The standard InChI is InChI=1S/C11H9FN4S.BrH/c1-7-13-14-11-16(7)15-10(6-17-11)8-2-4-9(12)5-3-8;/h2-5H,6H2,1H3;1H. The van der Waals surface area contributed by atoms with Crippen molar-refractivity contribution >= 4 is 34.5 Å². The van der Waals surface area contributed by atoms with Crippen LogP contribution in [0.25, 0.3) is 0 Å². The summed E-state index contributed by atoms with van der Waals surface area (Å²) in [6, 6.07) is 6.35. The average molecular weight is 329 g/mol. The van der Waals surface area contributed by atoms with Crippen LogP contribution in [-0.2, 0) is 0 Å². The first-order valence-electron chi connectivity index (χ1n) is 5.12. The zero-order valence-corrected chi connectivity index (χ0v) is 12.0. The maximum Gasteiger partial charge on any atom is 0.212 e. The van der Waals surface area contributed by atoms with E-state index in [1.54, 1.807) is 28.6 Å². The van der Waals surface area contributed by atoms with Crippen LogP contribution in [0.5, 0.6) is 0 Å². The molecule has 0 bridgehead atoms. The Morgan fingerprint density at radius 3 is 2.67 bits per heavy atom. The number of hydrogen-bond donors (Lipinski definition) is 0. The normalized spacial score (nSPS) is 13.6. The summed E-state index contributed by atoms with van der Waals surface area (Å²) in [7, 11) is 0. The maximum absolute atomic E-state index is 12.8. The first-order chi connectivity index (χ1) is 8.24. The second-order valence-corrected chi connectivity index (χ2v) is 4.63. The molecule has 1 aromatic heterocycles. The van der Waals surface area contributed by atoms with Crippen molar-refractivity contribution in [3.05, 3.63) is 41.5 Å². The molecule has 0 radical (unpaired) electrons. The van der Waals surface area contributed by atoms with Crippen LogP contribution in [0.1, 0.15) is 11.4 Å². The summed E-state index contributed by atoms with van der Waals surface area (Å²) in [5, 5.41) is 13.2. The Kier molecular flexibility index (Phi) is 3.82. The van der Waals surface area contributed by atoms with Gasteiger partial charge in [0.05, 0.1) is 5.71 Å². The highest BCUT2D eigenvalue weighted by Crippen LogP contribution is 2.23. The molecular formula is C11H10BrFN4S. The Morgan fingerprint density at radius 1 is 1.22 bits per heavy atom. The lowest BCUT2D eigenvalue weighted by atomic mass is 10.1. The molecule has 18 heavy (non-hydrogen) atoms. The summed E-state index contributed by atoms with van der Waals surface area (Å²) in [5.41, 5.74) is 1.84. The van der Waals surface area contributed by atoms with Gasteiger partial charge >= 0.3 is 0 Å². The van der Waals surface area contributed by atoms with Crippen molar-refractivity contribution in [3.8, 4) is 0 Å². The minimum absolute atomic E-state index is 0. The molecule has 4 nitrogen and oxygen atoms in total. The molecule has 94 valence electrons. The third kappa shape index (κ3) is 2.32. The van der Waals surface area contributed by atoms with Crippen molar-refractivity contribution in [1.29, 1.82) is 0 Å². The Labute approximate surface area is 118 Å². The van der Waals surface area contributed by atoms with Gasteiger partial charge in [-0.2, -0.15) is 9.78 Å². The molecule has 7 heteroatoms. The summed E-state index contributed by atoms with van der Waals surface area (Å²) in [6.07, 6.45) is 0. The SMILES string of the molecule is Br.Cc1nnc2n1N=C(c1ccc(F)cc1)CS2. The number of hydrogen-bond acceptors (Lipinski definition) is 4. The summed E-state index contributed by atoms with van der Waals surface area (Å²) in [4.78, 5) is 0. The van der Waals surface area contributed by atoms with Crippen molar-refractivity contribution < 1.29 is 4.39 Å². The van der Waals surface area contributed by atoms with Gasteiger partial charge in [-0.05, 0) is 24.6 Å². The van der Waals surface area contributed by atoms with Gasteiger partial charge in [0.1, 0.15) is 5.82 Å². The van der Waals surface area contributed by atoms with Gasteiger partial charge in [-0.3, -0.25) is 0 Å². The molecule has 0 aliphatic carbocycles. The molecule has 0 unspecified atom stereocenters. The minimum atomic E-state index is -0.237. The first kappa shape index (κ1) is 13.2. The Morgan fingerprint density at radius 2 is 1.94 bits per heavy atom. The minimum Gasteiger partial charge on any atom is -0.207 e. The number of thioether (sulfide) groups is 1. The predicted molar refractivity (Wildman–Crippen MR) is 74.1 cm³/mol. The van der Waals surface area contributed by atoms with Crippen molar-refractivity contribution in [2.45, 2.75) is 12.1 Å². The van der Waals surface area contributed by atoms with Crippen LogP contribution in [0, 0.1) is 12.7 Å². The van der Waals surface area contributed by atoms with Crippen LogP contribution in [-0.4, -0.2) is 26.3 Å². The van der Waals surface area contributed by atoms with E-state index in [0.717, 1.165) is 28.0 Å². The van der Waals surface area contributed by atoms with E-state index in [2.05, 4.69) is 15.3 Å². The number of aryl methyl sites for hydroxylation is 1. The van der Waals surface area contributed by atoms with E-state index in [-0.39, 0.29) is 22.8 Å². The fourth-order valence-corrected chi connectivity index (χ4v) is 2.49. The van der Waals surface area contributed by atoms with Crippen molar-refractivity contribution in [1.82, 2.24) is 14.9 Å². The van der Waals surface area contributed by atoms with E-state index in [9.17, 15) is 4.39 Å². The monoisotopic (exact) mass is 328 g/mol. The lowest BCUT2D eigenvalue weighted by Crippen LogP contribution is -2.13. The molecule has 0 fully saturated rings. The van der Waals surface area contributed by atoms with E-state index < -0.39 is 0 Å². The topological polar surface area (TPSA) is 43.1 Å². The van der Waals surface area contributed by atoms with Gasteiger partial charge in [0.2, 0.25) is 5.16 Å². The predicted octanol–water partition coefficient (Wildman–Crippen LogP) is 2.66. The van der Waals surface area contributed by atoms with Gasteiger partial charge in [0, 0.05) is 5.75 Å². The number of nitrogens with zero attached hydrogens (tertiary/aromatic N) is 4. The molecule has 0 saturated carbocycles. The van der Waals surface area contributed by atoms with E-state index >= 15 is 0 Å². The van der Waals surface area contributed by atoms with Gasteiger partial charge in [0.15, 0.2) is 5.82 Å². The quantitative estimate of drug-likeness (QED) is 0.808. The van der Waals surface area contributed by atoms with Crippen LogP contribution in [0.3, 0.4) is 0 Å². The molecule has 0 saturated heterocycles. The van der Waals surface area contributed by atoms with Crippen molar-refractivity contribution in [3.63, 3.8) is 0 Å². The molecule has 3 rings (SSSR count). The van der Waals surface area contributed by atoms with Crippen LogP contribution in [0.4, 0.5) is 4.39 Å². The highest BCUT2D eigenvalue weighted by atomic mass is 79.9. The molecular weight excluding hydrogens is 319 g/mol. The molecule has 0 spiro atoms. The van der Waals surface area contributed by atoms with Crippen molar-refractivity contribution in [2.75, 3.05) is 5.75 Å². The fraction of sp³-hybridized carbons (Fsp3) is 0.182. The Balaban J connectivity index is 0.00000120. The second kappa shape index (κ2) is 5.19. The average Bonchev–Trinajstić information content (AvgIpc) is 2.72. The number of halogens is 2. The fourth-order valence-electron chi connectivity index (χ4n) is 1.61. The number of rotatable bonds is 1. The van der Waals surface area contributed by atoms with Crippen LogP contribution < -0.4 is 0 Å². The molecule has 0 amide bonds. The lowest BCUT2D eigenvalue weighted by molar-refractivity contribution is 0.627. The lowest BCUT2D eigenvalue weighted by Gasteiger charge is -2.12. The van der Waals surface area contributed by atoms with E-state index in [4.69, 9.17) is 0 Å². The van der Waals surface area contributed by atoms with Crippen molar-refractivity contribution in [2.24, 2.45) is 5.10 Å². The van der Waals surface area contributed by atoms with Gasteiger partial charge < -0.3 is 0 Å². The zero-order valence-electron chi connectivity index (χ0n) is 9.50. The molecule has 0 atom stereocenters. The third-order valence-corrected chi connectivity index (χ3v) is 3.43. The molecule has 1 aliphatic heterocycles. The third-order valence-electron chi connectivity index (χ3n) is 2.50. The highest BCUT2D eigenvalue weighted by Gasteiger charge is 2.17. The largest absolute Gasteiger partial charge is 0.212 e. The van der Waals surface area contributed by atoms with Gasteiger partial charge in [-0.25, -0.2) is 4.39 Å². The van der Waals surface area contributed by atoms with E-state index in [0.29, 0.717) is 0 Å². The summed E-state index contributed by atoms with van der Waals surface area (Å²) >= 11 is 1.58.